The average Bonchev–Trinajstić information content (AvgIpc) is 3.53. The molecule has 28 heavy (non-hydrogen) atoms. The van der Waals surface area contributed by atoms with Gasteiger partial charge in [0.25, 0.3) is 0 Å². The molecule has 2 heteroatoms. The molecule has 0 spiro atoms. The van der Waals surface area contributed by atoms with Gasteiger partial charge in [-0.2, -0.15) is 5.26 Å². The Hall–Kier alpha value is -2.92. The zero-order chi connectivity index (χ0) is 19.3. The van der Waals surface area contributed by atoms with Crippen molar-refractivity contribution in [2.75, 3.05) is 6.54 Å². The fourth-order valence-corrected chi connectivity index (χ4v) is 4.65. The first kappa shape index (κ1) is 17.2. The lowest BCUT2D eigenvalue weighted by Gasteiger charge is -2.20. The summed E-state index contributed by atoms with van der Waals surface area (Å²) in [5.41, 5.74) is 7.71. The molecule has 5 rings (SSSR count). The van der Waals surface area contributed by atoms with E-state index >= 15 is 0 Å². The molecule has 0 radical (unpaired) electrons. The number of rotatable bonds is 3. The number of nitriles is 1. The minimum atomic E-state index is 0.475. The number of benzene rings is 3. The molecule has 2 nitrogen and oxygen atoms in total. The van der Waals surface area contributed by atoms with Crippen LogP contribution in [0.1, 0.15) is 59.9 Å². The summed E-state index contributed by atoms with van der Waals surface area (Å²) in [5, 5.41) is 11.5. The molecule has 2 aliphatic rings. The lowest BCUT2D eigenvalue weighted by Crippen LogP contribution is -2.18. The molecule has 3 aromatic carbocycles. The normalized spacial score (nSPS) is 20.6. The topological polar surface area (TPSA) is 36.1 Å². The van der Waals surface area contributed by atoms with Gasteiger partial charge in [-0.15, -0.1) is 0 Å². The molecular formula is C26H24N2. The van der Waals surface area contributed by atoms with E-state index < -0.39 is 0 Å². The summed E-state index contributed by atoms with van der Waals surface area (Å²) in [7, 11) is 0. The van der Waals surface area contributed by atoms with Crippen LogP contribution < -0.4 is 0 Å². The Bertz CT molecular complexity index is 1150. The van der Waals surface area contributed by atoms with Crippen molar-refractivity contribution in [3.05, 3.63) is 82.4 Å². The molecule has 0 saturated heterocycles. The summed E-state index contributed by atoms with van der Waals surface area (Å²) < 4.78 is 0. The van der Waals surface area contributed by atoms with Gasteiger partial charge in [0.15, 0.2) is 0 Å². The first-order valence-corrected chi connectivity index (χ1v) is 10.3. The zero-order valence-electron chi connectivity index (χ0n) is 16.4. The van der Waals surface area contributed by atoms with Gasteiger partial charge in [0.05, 0.1) is 11.6 Å². The average molecular weight is 364 g/mol. The van der Waals surface area contributed by atoms with Crippen molar-refractivity contribution in [1.82, 2.24) is 0 Å². The van der Waals surface area contributed by atoms with Crippen LogP contribution in [0.15, 0.2) is 59.6 Å². The Morgan fingerprint density at radius 1 is 0.929 bits per heavy atom. The minimum Gasteiger partial charge on any atom is -0.289 e. The van der Waals surface area contributed by atoms with Crippen LogP contribution >= 0.6 is 0 Å². The van der Waals surface area contributed by atoms with E-state index in [0.717, 1.165) is 23.9 Å². The Kier molecular flexibility index (Phi) is 4.05. The standard InChI is InChI=1S/C26H24N2/c1-16(2)26-25-13-22(7-5-18(25)9-10-28-26)24-14-23(24)21-8-6-19-11-17(15-27)3-4-20(19)12-21/h3-8,11-13,16,23-24H,9-10,14H2,1-2H3. The van der Waals surface area contributed by atoms with Gasteiger partial charge in [-0.3, -0.25) is 4.99 Å². The second-order valence-electron chi connectivity index (χ2n) is 8.47. The molecule has 0 N–H and O–H groups in total. The molecule has 1 saturated carbocycles. The predicted molar refractivity (Wildman–Crippen MR) is 115 cm³/mol. The van der Waals surface area contributed by atoms with Crippen LogP contribution in [0.4, 0.5) is 0 Å². The summed E-state index contributed by atoms with van der Waals surface area (Å²) in [6.45, 7) is 5.41. The van der Waals surface area contributed by atoms with Crippen LogP contribution in [-0.4, -0.2) is 12.3 Å². The molecule has 3 aromatic rings. The summed E-state index contributed by atoms with van der Waals surface area (Å²) in [6.07, 6.45) is 2.28. The van der Waals surface area contributed by atoms with Gasteiger partial charge < -0.3 is 0 Å². The Morgan fingerprint density at radius 2 is 1.64 bits per heavy atom. The second-order valence-corrected chi connectivity index (χ2v) is 8.47. The van der Waals surface area contributed by atoms with Crippen LogP contribution in [0.2, 0.25) is 0 Å². The smallest absolute Gasteiger partial charge is 0.0991 e. The van der Waals surface area contributed by atoms with Crippen LogP contribution in [-0.2, 0) is 6.42 Å². The lowest BCUT2D eigenvalue weighted by molar-refractivity contribution is 0.837. The monoisotopic (exact) mass is 364 g/mol. The molecule has 0 amide bonds. The van der Waals surface area contributed by atoms with E-state index in [1.807, 2.05) is 12.1 Å². The van der Waals surface area contributed by atoms with Crippen LogP contribution in [0.5, 0.6) is 0 Å². The first-order chi connectivity index (χ1) is 13.6. The third kappa shape index (κ3) is 2.92. The summed E-state index contributed by atoms with van der Waals surface area (Å²) in [6, 6.07) is 22.0. The third-order valence-corrected chi connectivity index (χ3v) is 6.26. The lowest BCUT2D eigenvalue weighted by atomic mass is 9.89. The number of nitrogens with zero attached hydrogens (tertiary/aromatic N) is 2. The largest absolute Gasteiger partial charge is 0.289 e. The number of hydrogen-bond acceptors (Lipinski definition) is 2. The van der Waals surface area contributed by atoms with E-state index in [2.05, 4.69) is 62.4 Å². The fraction of sp³-hybridized carbons (Fsp3) is 0.308. The van der Waals surface area contributed by atoms with Gasteiger partial charge in [-0.25, -0.2) is 0 Å². The summed E-state index contributed by atoms with van der Waals surface area (Å²) >= 11 is 0. The highest BCUT2D eigenvalue weighted by Gasteiger charge is 2.40. The van der Waals surface area contributed by atoms with Gasteiger partial charge in [0.1, 0.15) is 0 Å². The molecule has 0 bridgehead atoms. The van der Waals surface area contributed by atoms with E-state index in [9.17, 15) is 0 Å². The summed E-state index contributed by atoms with van der Waals surface area (Å²) in [4.78, 5) is 4.81. The third-order valence-electron chi connectivity index (χ3n) is 6.26. The van der Waals surface area contributed by atoms with Crippen molar-refractivity contribution in [2.24, 2.45) is 10.9 Å². The van der Waals surface area contributed by atoms with Crippen molar-refractivity contribution in [1.29, 1.82) is 5.26 Å². The maximum absolute atomic E-state index is 9.09. The molecule has 1 aliphatic carbocycles. The summed E-state index contributed by atoms with van der Waals surface area (Å²) in [5.74, 6) is 1.68. The first-order valence-electron chi connectivity index (χ1n) is 10.3. The van der Waals surface area contributed by atoms with E-state index in [4.69, 9.17) is 10.3 Å². The maximum Gasteiger partial charge on any atom is 0.0991 e. The molecule has 1 aliphatic heterocycles. The molecule has 1 fully saturated rings. The van der Waals surface area contributed by atoms with Gasteiger partial charge in [-0.05, 0) is 81.8 Å². The maximum atomic E-state index is 9.09. The van der Waals surface area contributed by atoms with E-state index in [0.29, 0.717) is 17.8 Å². The SMILES string of the molecule is CC(C)C1=NCCc2ccc(C3CC3c3ccc4cc(C#N)ccc4c3)cc21. The van der Waals surface area contributed by atoms with Gasteiger partial charge in [0.2, 0.25) is 0 Å². The molecule has 2 unspecified atom stereocenters. The molecule has 138 valence electrons. The zero-order valence-corrected chi connectivity index (χ0v) is 16.4. The van der Waals surface area contributed by atoms with Crippen molar-refractivity contribution in [2.45, 2.75) is 38.5 Å². The van der Waals surface area contributed by atoms with Crippen molar-refractivity contribution < 1.29 is 0 Å². The van der Waals surface area contributed by atoms with Crippen molar-refractivity contribution >= 4 is 16.5 Å². The molecular weight excluding hydrogens is 340 g/mol. The minimum absolute atomic E-state index is 0.475. The highest BCUT2D eigenvalue weighted by molar-refractivity contribution is 6.04. The van der Waals surface area contributed by atoms with Gasteiger partial charge >= 0.3 is 0 Å². The van der Waals surface area contributed by atoms with Crippen molar-refractivity contribution in [3.8, 4) is 6.07 Å². The predicted octanol–water partition coefficient (Wildman–Crippen LogP) is 5.98. The van der Waals surface area contributed by atoms with Crippen LogP contribution in [0.3, 0.4) is 0 Å². The van der Waals surface area contributed by atoms with Crippen molar-refractivity contribution in [3.63, 3.8) is 0 Å². The number of aliphatic imine (C=N–C) groups is 1. The van der Waals surface area contributed by atoms with Gasteiger partial charge in [0, 0.05) is 12.3 Å². The number of hydrogen-bond donors (Lipinski definition) is 0. The van der Waals surface area contributed by atoms with E-state index in [1.165, 1.54) is 39.8 Å². The highest BCUT2D eigenvalue weighted by Crippen LogP contribution is 2.55. The highest BCUT2D eigenvalue weighted by atomic mass is 14.8. The fourth-order valence-electron chi connectivity index (χ4n) is 4.65. The Balaban J connectivity index is 1.44. The van der Waals surface area contributed by atoms with Gasteiger partial charge in [-0.1, -0.05) is 50.2 Å². The van der Waals surface area contributed by atoms with Crippen LogP contribution in [0.25, 0.3) is 10.8 Å². The number of fused-ring (bicyclic) bond motifs is 2. The Morgan fingerprint density at radius 3 is 2.43 bits per heavy atom. The van der Waals surface area contributed by atoms with Crippen LogP contribution in [0, 0.1) is 17.2 Å². The second kappa shape index (κ2) is 6.60. The molecule has 0 aromatic heterocycles. The Labute approximate surface area is 166 Å². The van der Waals surface area contributed by atoms with E-state index in [-0.39, 0.29) is 0 Å². The molecule has 1 heterocycles. The molecule has 2 atom stereocenters. The quantitative estimate of drug-likeness (QED) is 0.563. The van der Waals surface area contributed by atoms with E-state index in [1.54, 1.807) is 0 Å².